The highest BCUT2D eigenvalue weighted by molar-refractivity contribution is 5.99. The number of carbonyl (C=O) groups is 1. The SMILES string of the molecule is O=C(NCc1ccccc1)c1cc2ccccc2n1-c1ncccn1. The van der Waals surface area contributed by atoms with E-state index in [4.69, 9.17) is 0 Å². The topological polar surface area (TPSA) is 59.8 Å². The number of aromatic nitrogens is 3. The second-order valence-electron chi connectivity index (χ2n) is 5.64. The van der Waals surface area contributed by atoms with Gasteiger partial charge in [-0.3, -0.25) is 9.36 Å². The molecule has 0 atom stereocenters. The molecule has 2 aromatic heterocycles. The van der Waals surface area contributed by atoms with Crippen molar-refractivity contribution < 1.29 is 4.79 Å². The highest BCUT2D eigenvalue weighted by Crippen LogP contribution is 2.22. The van der Waals surface area contributed by atoms with E-state index in [1.54, 1.807) is 23.0 Å². The van der Waals surface area contributed by atoms with Crippen molar-refractivity contribution in [3.63, 3.8) is 0 Å². The number of hydrogen-bond acceptors (Lipinski definition) is 3. The average molecular weight is 328 g/mol. The molecule has 0 saturated carbocycles. The maximum absolute atomic E-state index is 12.8. The molecular weight excluding hydrogens is 312 g/mol. The van der Waals surface area contributed by atoms with Gasteiger partial charge in [-0.15, -0.1) is 0 Å². The van der Waals surface area contributed by atoms with Gasteiger partial charge in [-0.25, -0.2) is 9.97 Å². The van der Waals surface area contributed by atoms with Crippen molar-refractivity contribution >= 4 is 16.8 Å². The second-order valence-corrected chi connectivity index (χ2v) is 5.64. The van der Waals surface area contributed by atoms with Crippen molar-refractivity contribution in [2.45, 2.75) is 6.54 Å². The summed E-state index contributed by atoms with van der Waals surface area (Å²) < 4.78 is 1.79. The number of carbonyl (C=O) groups excluding carboxylic acids is 1. The van der Waals surface area contributed by atoms with E-state index in [2.05, 4.69) is 15.3 Å². The zero-order valence-corrected chi connectivity index (χ0v) is 13.5. The predicted octanol–water partition coefficient (Wildman–Crippen LogP) is 3.35. The first-order valence-electron chi connectivity index (χ1n) is 8.03. The minimum atomic E-state index is -0.160. The smallest absolute Gasteiger partial charge is 0.268 e. The summed E-state index contributed by atoms with van der Waals surface area (Å²) >= 11 is 0. The first-order valence-corrected chi connectivity index (χ1v) is 8.03. The van der Waals surface area contributed by atoms with Gasteiger partial charge >= 0.3 is 0 Å². The van der Waals surface area contributed by atoms with Crippen LogP contribution in [0.1, 0.15) is 16.1 Å². The third-order valence-electron chi connectivity index (χ3n) is 3.99. The molecule has 0 aliphatic rings. The van der Waals surface area contributed by atoms with Crippen molar-refractivity contribution in [1.82, 2.24) is 19.9 Å². The maximum atomic E-state index is 12.8. The lowest BCUT2D eigenvalue weighted by molar-refractivity contribution is 0.0944. The van der Waals surface area contributed by atoms with Gasteiger partial charge in [0.15, 0.2) is 0 Å². The van der Waals surface area contributed by atoms with Gasteiger partial charge in [-0.1, -0.05) is 48.5 Å². The fraction of sp³-hybridized carbons (Fsp3) is 0.0500. The van der Waals surface area contributed by atoms with Gasteiger partial charge in [-0.05, 0) is 23.8 Å². The standard InChI is InChI=1S/C20H16N4O/c25-19(23-14-15-7-2-1-3-8-15)18-13-16-9-4-5-10-17(16)24(18)20-21-11-6-12-22-20/h1-13H,14H2,(H,23,25). The molecule has 4 aromatic rings. The van der Waals surface area contributed by atoms with Gasteiger partial charge in [-0.2, -0.15) is 0 Å². The summed E-state index contributed by atoms with van der Waals surface area (Å²) in [4.78, 5) is 21.4. The van der Waals surface area contributed by atoms with Crippen LogP contribution in [-0.4, -0.2) is 20.4 Å². The van der Waals surface area contributed by atoms with Gasteiger partial charge in [0.05, 0.1) is 5.52 Å². The van der Waals surface area contributed by atoms with E-state index in [9.17, 15) is 4.79 Å². The lowest BCUT2D eigenvalue weighted by Gasteiger charge is -2.09. The Hall–Kier alpha value is -3.47. The van der Waals surface area contributed by atoms with E-state index in [1.807, 2.05) is 60.7 Å². The summed E-state index contributed by atoms with van der Waals surface area (Å²) in [5.74, 6) is 0.320. The lowest BCUT2D eigenvalue weighted by atomic mass is 10.2. The molecule has 5 nitrogen and oxygen atoms in total. The molecule has 25 heavy (non-hydrogen) atoms. The van der Waals surface area contributed by atoms with Crippen LogP contribution in [0.25, 0.3) is 16.9 Å². The van der Waals surface area contributed by atoms with Crippen LogP contribution in [0.3, 0.4) is 0 Å². The summed E-state index contributed by atoms with van der Waals surface area (Å²) in [5, 5.41) is 3.94. The Morgan fingerprint density at radius 2 is 1.64 bits per heavy atom. The van der Waals surface area contributed by atoms with Crippen LogP contribution >= 0.6 is 0 Å². The highest BCUT2D eigenvalue weighted by atomic mass is 16.1. The van der Waals surface area contributed by atoms with E-state index in [0.29, 0.717) is 18.2 Å². The third kappa shape index (κ3) is 2.99. The minimum absolute atomic E-state index is 0.160. The number of hydrogen-bond donors (Lipinski definition) is 1. The number of fused-ring (bicyclic) bond motifs is 1. The molecule has 2 heterocycles. The van der Waals surface area contributed by atoms with Crippen molar-refractivity contribution in [2.24, 2.45) is 0 Å². The Labute approximate surface area is 145 Å². The molecule has 0 radical (unpaired) electrons. The van der Waals surface area contributed by atoms with Crippen LogP contribution in [0.5, 0.6) is 0 Å². The quantitative estimate of drug-likeness (QED) is 0.625. The van der Waals surface area contributed by atoms with Gasteiger partial charge in [0.1, 0.15) is 5.69 Å². The number of amides is 1. The summed E-state index contributed by atoms with van der Waals surface area (Å²) in [6, 6.07) is 21.3. The van der Waals surface area contributed by atoms with Crippen LogP contribution in [0.2, 0.25) is 0 Å². The Bertz CT molecular complexity index is 1010. The minimum Gasteiger partial charge on any atom is -0.347 e. The van der Waals surface area contributed by atoms with E-state index in [-0.39, 0.29) is 5.91 Å². The Balaban J connectivity index is 1.72. The predicted molar refractivity (Wildman–Crippen MR) is 96.5 cm³/mol. The largest absolute Gasteiger partial charge is 0.347 e. The molecule has 5 heteroatoms. The lowest BCUT2D eigenvalue weighted by Crippen LogP contribution is -2.25. The molecular formula is C20H16N4O. The van der Waals surface area contributed by atoms with Gasteiger partial charge in [0.25, 0.3) is 5.91 Å². The second kappa shape index (κ2) is 6.57. The summed E-state index contributed by atoms with van der Waals surface area (Å²) in [6.45, 7) is 0.469. The molecule has 0 aliphatic heterocycles. The van der Waals surface area contributed by atoms with E-state index < -0.39 is 0 Å². The first kappa shape index (κ1) is 15.1. The Morgan fingerprint density at radius 1 is 0.920 bits per heavy atom. The van der Waals surface area contributed by atoms with Crippen molar-refractivity contribution in [1.29, 1.82) is 0 Å². The number of nitrogens with one attached hydrogen (secondary N) is 1. The van der Waals surface area contributed by atoms with Crippen LogP contribution < -0.4 is 5.32 Å². The fourth-order valence-corrected chi connectivity index (χ4v) is 2.81. The van der Waals surface area contributed by atoms with Crippen molar-refractivity contribution in [3.05, 3.63) is 90.4 Å². The normalized spacial score (nSPS) is 10.7. The van der Waals surface area contributed by atoms with Gasteiger partial charge < -0.3 is 5.32 Å². The number of rotatable bonds is 4. The van der Waals surface area contributed by atoms with Crippen LogP contribution in [0.4, 0.5) is 0 Å². The summed E-state index contributed by atoms with van der Waals surface area (Å²) in [6.07, 6.45) is 3.34. The van der Waals surface area contributed by atoms with Crippen molar-refractivity contribution in [2.75, 3.05) is 0 Å². The molecule has 0 fully saturated rings. The van der Waals surface area contributed by atoms with E-state index in [0.717, 1.165) is 16.5 Å². The Kier molecular flexibility index (Phi) is 3.96. The molecule has 1 N–H and O–H groups in total. The molecule has 122 valence electrons. The van der Waals surface area contributed by atoms with E-state index in [1.165, 1.54) is 0 Å². The highest BCUT2D eigenvalue weighted by Gasteiger charge is 2.17. The monoisotopic (exact) mass is 328 g/mol. The van der Waals surface area contributed by atoms with Crippen LogP contribution in [0, 0.1) is 0 Å². The third-order valence-corrected chi connectivity index (χ3v) is 3.99. The molecule has 2 aromatic carbocycles. The average Bonchev–Trinajstić information content (AvgIpc) is 3.07. The number of para-hydroxylation sites is 1. The molecule has 0 aliphatic carbocycles. The molecule has 0 unspecified atom stereocenters. The summed E-state index contributed by atoms with van der Waals surface area (Å²) in [5.41, 5.74) is 2.47. The van der Waals surface area contributed by atoms with Gasteiger partial charge in [0, 0.05) is 24.3 Å². The number of nitrogens with zero attached hydrogens (tertiary/aromatic N) is 3. The van der Waals surface area contributed by atoms with Crippen LogP contribution in [-0.2, 0) is 6.54 Å². The molecule has 1 amide bonds. The molecule has 0 spiro atoms. The zero-order valence-electron chi connectivity index (χ0n) is 13.5. The molecule has 4 rings (SSSR count). The fourth-order valence-electron chi connectivity index (χ4n) is 2.81. The van der Waals surface area contributed by atoms with Crippen molar-refractivity contribution in [3.8, 4) is 5.95 Å². The maximum Gasteiger partial charge on any atom is 0.268 e. The number of benzene rings is 2. The van der Waals surface area contributed by atoms with E-state index >= 15 is 0 Å². The zero-order chi connectivity index (χ0) is 17.1. The van der Waals surface area contributed by atoms with Crippen LogP contribution in [0.15, 0.2) is 79.1 Å². The molecule has 0 bridgehead atoms. The van der Waals surface area contributed by atoms with Gasteiger partial charge in [0.2, 0.25) is 5.95 Å². The summed E-state index contributed by atoms with van der Waals surface area (Å²) in [7, 11) is 0. The first-order chi connectivity index (χ1) is 12.3. The molecule has 0 saturated heterocycles. The Morgan fingerprint density at radius 3 is 2.44 bits per heavy atom.